The van der Waals surface area contributed by atoms with Gasteiger partial charge in [-0.05, 0) is 42.3 Å². The summed E-state index contributed by atoms with van der Waals surface area (Å²) >= 11 is 0. The van der Waals surface area contributed by atoms with Crippen LogP contribution in [0.3, 0.4) is 0 Å². The largest absolute Gasteiger partial charge is 0.488 e. The Kier molecular flexibility index (Phi) is 3.10. The predicted octanol–water partition coefficient (Wildman–Crippen LogP) is 3.20. The lowest BCUT2D eigenvalue weighted by Gasteiger charge is -2.07. The molecule has 0 aromatic heterocycles. The van der Waals surface area contributed by atoms with Crippen LogP contribution in [0.15, 0.2) is 58.3 Å². The maximum atomic E-state index is 12.3. The fourth-order valence-electron chi connectivity index (χ4n) is 2.22. The first kappa shape index (κ1) is 12.9. The average Bonchev–Trinajstić information content (AvgIpc) is 2.68. The number of rotatable bonds is 3. The van der Waals surface area contributed by atoms with Gasteiger partial charge >= 0.3 is 0 Å². The number of sulfone groups is 1. The molecule has 0 saturated heterocycles. The Morgan fingerprint density at radius 3 is 2.60 bits per heavy atom. The predicted molar refractivity (Wildman–Crippen MR) is 78.3 cm³/mol. The molecule has 0 N–H and O–H groups in total. The zero-order valence-corrected chi connectivity index (χ0v) is 11.9. The molecule has 102 valence electrons. The number of hydrogen-bond donors (Lipinski definition) is 0. The summed E-state index contributed by atoms with van der Waals surface area (Å²) in [6.45, 7) is 2.02. The van der Waals surface area contributed by atoms with E-state index in [4.69, 9.17) is 4.74 Å². The van der Waals surface area contributed by atoms with E-state index in [0.717, 1.165) is 11.1 Å². The van der Waals surface area contributed by atoms with Crippen LogP contribution in [0.4, 0.5) is 0 Å². The third-order valence-electron chi connectivity index (χ3n) is 3.24. The summed E-state index contributed by atoms with van der Waals surface area (Å²) in [5.41, 5.74) is 1.81. The monoisotopic (exact) mass is 286 g/mol. The summed E-state index contributed by atoms with van der Waals surface area (Å²) in [5.74, 6) is 0.678. The molecule has 0 saturated carbocycles. The molecule has 0 radical (unpaired) electrons. The molecule has 2 aromatic carbocycles. The third-order valence-corrected chi connectivity index (χ3v) is 5.12. The number of aryl methyl sites for hydroxylation is 1. The molecule has 0 spiro atoms. The molecule has 1 aliphatic heterocycles. The van der Waals surface area contributed by atoms with Crippen molar-refractivity contribution in [3.63, 3.8) is 0 Å². The minimum Gasteiger partial charge on any atom is -0.488 e. The number of benzene rings is 2. The first-order valence-electron chi connectivity index (χ1n) is 6.31. The Balaban J connectivity index is 1.84. The van der Waals surface area contributed by atoms with Crippen molar-refractivity contribution in [2.45, 2.75) is 11.8 Å². The van der Waals surface area contributed by atoms with Gasteiger partial charge in [-0.25, -0.2) is 8.42 Å². The van der Waals surface area contributed by atoms with Crippen LogP contribution in [-0.4, -0.2) is 15.0 Å². The third kappa shape index (κ3) is 2.23. The molecule has 0 bridgehead atoms. The van der Waals surface area contributed by atoms with Gasteiger partial charge in [-0.15, -0.1) is 0 Å². The summed E-state index contributed by atoms with van der Waals surface area (Å²) in [6.07, 6.45) is 1.68. The van der Waals surface area contributed by atoms with E-state index in [1.165, 1.54) is 0 Å². The van der Waals surface area contributed by atoms with E-state index in [-0.39, 0.29) is 6.61 Å². The van der Waals surface area contributed by atoms with Gasteiger partial charge in [-0.3, -0.25) is 0 Å². The summed E-state index contributed by atoms with van der Waals surface area (Å²) < 4.78 is 30.2. The quantitative estimate of drug-likeness (QED) is 0.870. The first-order valence-corrected chi connectivity index (χ1v) is 7.80. The van der Waals surface area contributed by atoms with Crippen molar-refractivity contribution in [1.82, 2.24) is 0 Å². The molecule has 1 heterocycles. The lowest BCUT2D eigenvalue weighted by molar-refractivity contribution is 0.359. The summed E-state index contributed by atoms with van der Waals surface area (Å²) in [5, 5.41) is 0. The van der Waals surface area contributed by atoms with E-state index in [1.54, 1.807) is 24.3 Å². The molecule has 0 amide bonds. The zero-order chi connectivity index (χ0) is 14.2. The van der Waals surface area contributed by atoms with Crippen LogP contribution in [0.1, 0.15) is 11.1 Å². The molecule has 1 aliphatic rings. The van der Waals surface area contributed by atoms with Gasteiger partial charge in [0.2, 0.25) is 9.84 Å². The van der Waals surface area contributed by atoms with E-state index in [1.807, 2.05) is 37.3 Å². The number of ether oxygens (including phenoxy) is 1. The fourth-order valence-corrected chi connectivity index (χ4v) is 3.69. The van der Waals surface area contributed by atoms with Crippen molar-refractivity contribution in [1.29, 1.82) is 0 Å². The van der Waals surface area contributed by atoms with Crippen molar-refractivity contribution in [2.24, 2.45) is 0 Å². The smallest absolute Gasteiger partial charge is 0.206 e. The molecule has 0 fully saturated rings. The Bertz CT molecular complexity index is 789. The van der Waals surface area contributed by atoms with E-state index in [9.17, 15) is 8.42 Å². The van der Waals surface area contributed by atoms with Crippen LogP contribution in [0.2, 0.25) is 0 Å². The van der Waals surface area contributed by atoms with Crippen LogP contribution in [0, 0.1) is 6.92 Å². The maximum Gasteiger partial charge on any atom is 0.206 e. The molecular formula is C16H14O3S. The number of fused-ring (bicyclic) bond motifs is 1. The standard InChI is InChI=1S/C16H14O3S/c1-12-5-4-7-14(9-12)19-11-15-10-13-6-2-3-8-16(13)20(15,17)18/h2-10H,11H2,1H3. The summed E-state index contributed by atoms with van der Waals surface area (Å²) in [4.78, 5) is 0.669. The lowest BCUT2D eigenvalue weighted by atomic mass is 10.2. The maximum absolute atomic E-state index is 12.3. The van der Waals surface area contributed by atoms with Gasteiger partial charge in [-0.2, -0.15) is 0 Å². The van der Waals surface area contributed by atoms with Crippen molar-refractivity contribution in [3.8, 4) is 5.75 Å². The molecule has 0 unspecified atom stereocenters. The minimum absolute atomic E-state index is 0.0560. The Labute approximate surface area is 118 Å². The highest BCUT2D eigenvalue weighted by Gasteiger charge is 2.29. The van der Waals surface area contributed by atoms with Crippen LogP contribution in [0.25, 0.3) is 6.08 Å². The molecule has 0 aliphatic carbocycles. The topological polar surface area (TPSA) is 43.4 Å². The van der Waals surface area contributed by atoms with Crippen LogP contribution < -0.4 is 4.74 Å². The molecule has 3 nitrogen and oxygen atoms in total. The normalized spacial score (nSPS) is 15.6. The van der Waals surface area contributed by atoms with E-state index in [0.29, 0.717) is 15.6 Å². The molecule has 4 heteroatoms. The van der Waals surface area contributed by atoms with Crippen LogP contribution in [0.5, 0.6) is 5.75 Å². The molecule has 2 aromatic rings. The van der Waals surface area contributed by atoms with Gasteiger partial charge in [0, 0.05) is 0 Å². The number of hydrogen-bond acceptors (Lipinski definition) is 3. The second-order valence-corrected chi connectivity index (χ2v) is 6.73. The van der Waals surface area contributed by atoms with Gasteiger partial charge < -0.3 is 4.74 Å². The first-order chi connectivity index (χ1) is 9.57. The van der Waals surface area contributed by atoms with Crippen LogP contribution in [-0.2, 0) is 9.84 Å². The molecule has 20 heavy (non-hydrogen) atoms. The second kappa shape index (κ2) is 4.80. The van der Waals surface area contributed by atoms with Gasteiger partial charge in [0.25, 0.3) is 0 Å². The molecule has 3 rings (SSSR count). The van der Waals surface area contributed by atoms with E-state index >= 15 is 0 Å². The highest BCUT2D eigenvalue weighted by Crippen LogP contribution is 2.32. The summed E-state index contributed by atoms with van der Waals surface area (Å²) in [7, 11) is -3.39. The minimum atomic E-state index is -3.39. The Morgan fingerprint density at radius 1 is 1.05 bits per heavy atom. The Hall–Kier alpha value is -2.07. The fraction of sp³-hybridized carbons (Fsp3) is 0.125. The second-order valence-electron chi connectivity index (χ2n) is 4.76. The summed E-state index contributed by atoms with van der Waals surface area (Å²) in [6, 6.07) is 14.5. The van der Waals surface area contributed by atoms with Crippen molar-refractivity contribution in [3.05, 3.63) is 64.6 Å². The molecular weight excluding hydrogens is 272 g/mol. The average molecular weight is 286 g/mol. The zero-order valence-electron chi connectivity index (χ0n) is 11.0. The van der Waals surface area contributed by atoms with Crippen molar-refractivity contribution >= 4 is 15.9 Å². The van der Waals surface area contributed by atoms with Crippen LogP contribution >= 0.6 is 0 Å². The highest BCUT2D eigenvalue weighted by molar-refractivity contribution is 7.95. The molecule has 0 atom stereocenters. The van der Waals surface area contributed by atoms with E-state index < -0.39 is 9.84 Å². The Morgan fingerprint density at radius 2 is 1.85 bits per heavy atom. The van der Waals surface area contributed by atoms with Crippen molar-refractivity contribution < 1.29 is 13.2 Å². The van der Waals surface area contributed by atoms with Crippen molar-refractivity contribution in [2.75, 3.05) is 6.61 Å². The van der Waals surface area contributed by atoms with Gasteiger partial charge in [0.05, 0.1) is 9.80 Å². The van der Waals surface area contributed by atoms with Gasteiger partial charge in [-0.1, -0.05) is 30.3 Å². The van der Waals surface area contributed by atoms with E-state index in [2.05, 4.69) is 0 Å². The van der Waals surface area contributed by atoms with Gasteiger partial charge in [0.1, 0.15) is 12.4 Å². The highest BCUT2D eigenvalue weighted by atomic mass is 32.2. The lowest BCUT2D eigenvalue weighted by Crippen LogP contribution is -2.08. The SMILES string of the molecule is Cc1cccc(OCC2=Cc3ccccc3S2(=O)=O)c1. The van der Waals surface area contributed by atoms with Gasteiger partial charge in [0.15, 0.2) is 0 Å².